The van der Waals surface area contributed by atoms with E-state index in [4.69, 9.17) is 10.00 Å². The first-order chi connectivity index (χ1) is 9.10. The van der Waals surface area contributed by atoms with Crippen molar-refractivity contribution in [3.8, 4) is 6.07 Å². The number of aromatic nitrogens is 2. The third-order valence-corrected chi connectivity index (χ3v) is 3.38. The van der Waals surface area contributed by atoms with Gasteiger partial charge in [0.2, 0.25) is 0 Å². The van der Waals surface area contributed by atoms with Gasteiger partial charge in [-0.25, -0.2) is 0 Å². The number of hydrogen-bond donors (Lipinski definition) is 2. The minimum Gasteiger partial charge on any atom is -0.385 e. The first-order valence-electron chi connectivity index (χ1n) is 5.38. The van der Waals surface area contributed by atoms with Gasteiger partial charge in [-0.15, -0.1) is 0 Å². The van der Waals surface area contributed by atoms with E-state index < -0.39 is 5.91 Å². The summed E-state index contributed by atoms with van der Waals surface area (Å²) >= 11 is 6.47. The summed E-state index contributed by atoms with van der Waals surface area (Å²) < 4.78 is 6.00. The number of methoxy groups -OCH3 is 1. The van der Waals surface area contributed by atoms with E-state index in [1.165, 1.54) is 6.08 Å². The predicted octanol–water partition coefficient (Wildman–Crippen LogP) is 1.99. The molecule has 0 aliphatic carbocycles. The molecule has 0 aromatic carbocycles. The molecule has 0 spiro atoms. The van der Waals surface area contributed by atoms with Gasteiger partial charge in [0.15, 0.2) is 0 Å². The van der Waals surface area contributed by atoms with Crippen LogP contribution in [0.25, 0.3) is 6.08 Å². The van der Waals surface area contributed by atoms with Gasteiger partial charge < -0.3 is 10.1 Å². The SMILES string of the molecule is COCCCNC(=O)/C(C#N)=C/c1c(Br)n[nH]c1Br. The van der Waals surface area contributed by atoms with Crippen LogP contribution >= 0.6 is 31.9 Å². The molecule has 19 heavy (non-hydrogen) atoms. The second kappa shape index (κ2) is 8.09. The number of nitrogens with one attached hydrogen (secondary N) is 2. The molecule has 102 valence electrons. The number of halogens is 2. The van der Waals surface area contributed by atoms with E-state index in [1.807, 2.05) is 6.07 Å². The predicted molar refractivity (Wildman–Crippen MR) is 77.1 cm³/mol. The Morgan fingerprint density at radius 2 is 2.37 bits per heavy atom. The van der Waals surface area contributed by atoms with Gasteiger partial charge in [0, 0.05) is 25.8 Å². The van der Waals surface area contributed by atoms with E-state index in [2.05, 4.69) is 47.4 Å². The first kappa shape index (κ1) is 15.9. The smallest absolute Gasteiger partial charge is 0.261 e. The highest BCUT2D eigenvalue weighted by Gasteiger charge is 2.12. The molecule has 1 amide bonds. The van der Waals surface area contributed by atoms with Gasteiger partial charge in [-0.2, -0.15) is 10.4 Å². The van der Waals surface area contributed by atoms with Gasteiger partial charge in [0.05, 0.1) is 0 Å². The van der Waals surface area contributed by atoms with Crippen LogP contribution in [0.3, 0.4) is 0 Å². The number of aromatic amines is 1. The van der Waals surface area contributed by atoms with Crippen molar-refractivity contribution in [1.82, 2.24) is 15.5 Å². The normalized spacial score (nSPS) is 11.2. The molecule has 1 aromatic rings. The standard InChI is InChI=1S/C11H12Br2N4O2/c1-19-4-2-3-15-11(18)7(6-14)5-8-9(12)16-17-10(8)13/h5H,2-4H2,1H3,(H,15,18)(H,16,17)/b7-5+. The number of ether oxygens (including phenoxy) is 1. The van der Waals surface area contributed by atoms with Crippen LogP contribution in [0, 0.1) is 11.3 Å². The molecular formula is C11H12Br2N4O2. The minimum atomic E-state index is -0.418. The van der Waals surface area contributed by atoms with Gasteiger partial charge in [-0.1, -0.05) is 0 Å². The highest BCUT2D eigenvalue weighted by atomic mass is 79.9. The second-order valence-corrected chi connectivity index (χ2v) is 5.06. The number of hydrogen-bond acceptors (Lipinski definition) is 4. The first-order valence-corrected chi connectivity index (χ1v) is 6.97. The molecule has 0 aliphatic rings. The number of rotatable bonds is 6. The van der Waals surface area contributed by atoms with Crippen molar-refractivity contribution in [2.24, 2.45) is 0 Å². The maximum Gasteiger partial charge on any atom is 0.261 e. The summed E-state index contributed by atoms with van der Waals surface area (Å²) in [5.74, 6) is -0.418. The largest absolute Gasteiger partial charge is 0.385 e. The summed E-state index contributed by atoms with van der Waals surface area (Å²) in [6.45, 7) is 1.02. The monoisotopic (exact) mass is 390 g/mol. The molecule has 0 radical (unpaired) electrons. The summed E-state index contributed by atoms with van der Waals surface area (Å²) in [4.78, 5) is 11.8. The van der Waals surface area contributed by atoms with Crippen LogP contribution in [0.4, 0.5) is 0 Å². The number of carbonyl (C=O) groups is 1. The molecule has 6 nitrogen and oxygen atoms in total. The van der Waals surface area contributed by atoms with Crippen LogP contribution in [0.1, 0.15) is 12.0 Å². The van der Waals surface area contributed by atoms with Crippen LogP contribution in [0.5, 0.6) is 0 Å². The van der Waals surface area contributed by atoms with Crippen molar-refractivity contribution in [2.45, 2.75) is 6.42 Å². The third kappa shape index (κ3) is 4.78. The van der Waals surface area contributed by atoms with Crippen LogP contribution in [-0.2, 0) is 9.53 Å². The summed E-state index contributed by atoms with van der Waals surface area (Å²) in [5, 5.41) is 18.2. The number of nitrogens with zero attached hydrogens (tertiary/aromatic N) is 2. The quantitative estimate of drug-likeness (QED) is 0.440. The Morgan fingerprint density at radius 1 is 1.63 bits per heavy atom. The molecule has 1 heterocycles. The Bertz CT molecular complexity index is 500. The van der Waals surface area contributed by atoms with E-state index >= 15 is 0 Å². The van der Waals surface area contributed by atoms with Crippen molar-refractivity contribution in [2.75, 3.05) is 20.3 Å². The number of nitriles is 1. The number of H-pyrrole nitrogens is 1. The molecule has 0 saturated heterocycles. The molecule has 0 saturated carbocycles. The van der Waals surface area contributed by atoms with Crippen molar-refractivity contribution < 1.29 is 9.53 Å². The third-order valence-electron chi connectivity index (χ3n) is 2.18. The average Bonchev–Trinajstić information content (AvgIpc) is 2.71. The molecule has 8 heteroatoms. The van der Waals surface area contributed by atoms with Gasteiger partial charge in [0.1, 0.15) is 20.8 Å². The zero-order valence-electron chi connectivity index (χ0n) is 10.2. The fraction of sp³-hybridized carbons (Fsp3) is 0.364. The molecule has 0 atom stereocenters. The Balaban J connectivity index is 2.73. The molecule has 1 rings (SSSR count). The van der Waals surface area contributed by atoms with E-state index in [-0.39, 0.29) is 5.57 Å². The average molecular weight is 392 g/mol. The fourth-order valence-corrected chi connectivity index (χ4v) is 2.30. The zero-order chi connectivity index (χ0) is 14.3. The molecular weight excluding hydrogens is 380 g/mol. The van der Waals surface area contributed by atoms with Crippen LogP contribution in [-0.4, -0.2) is 36.4 Å². The van der Waals surface area contributed by atoms with Crippen molar-refractivity contribution in [3.63, 3.8) is 0 Å². The molecule has 0 fully saturated rings. The zero-order valence-corrected chi connectivity index (χ0v) is 13.3. The van der Waals surface area contributed by atoms with E-state index in [0.717, 1.165) is 0 Å². The van der Waals surface area contributed by atoms with Gasteiger partial charge in [0.25, 0.3) is 5.91 Å². The molecule has 0 bridgehead atoms. The number of amides is 1. The molecule has 2 N–H and O–H groups in total. The van der Waals surface area contributed by atoms with Gasteiger partial charge in [-0.3, -0.25) is 9.89 Å². The highest BCUT2D eigenvalue weighted by molar-refractivity contribution is 9.11. The lowest BCUT2D eigenvalue weighted by Gasteiger charge is -2.03. The molecule has 0 aliphatic heterocycles. The molecule has 1 aromatic heterocycles. The van der Waals surface area contributed by atoms with Crippen LogP contribution in [0.2, 0.25) is 0 Å². The lowest BCUT2D eigenvalue weighted by atomic mass is 10.2. The lowest BCUT2D eigenvalue weighted by Crippen LogP contribution is -2.26. The Kier molecular flexibility index (Phi) is 6.77. The topological polar surface area (TPSA) is 90.8 Å². The van der Waals surface area contributed by atoms with E-state index in [9.17, 15) is 4.79 Å². The number of carbonyl (C=O) groups excluding carboxylic acids is 1. The van der Waals surface area contributed by atoms with Crippen LogP contribution < -0.4 is 5.32 Å². The van der Waals surface area contributed by atoms with Crippen molar-refractivity contribution in [3.05, 3.63) is 20.3 Å². The highest BCUT2D eigenvalue weighted by Crippen LogP contribution is 2.24. The van der Waals surface area contributed by atoms with E-state index in [0.29, 0.717) is 34.3 Å². The summed E-state index contributed by atoms with van der Waals surface area (Å²) in [6, 6.07) is 1.87. The summed E-state index contributed by atoms with van der Waals surface area (Å²) in [7, 11) is 1.59. The summed E-state index contributed by atoms with van der Waals surface area (Å²) in [6.07, 6.45) is 2.16. The van der Waals surface area contributed by atoms with Crippen molar-refractivity contribution >= 4 is 43.8 Å². The maximum absolute atomic E-state index is 11.8. The lowest BCUT2D eigenvalue weighted by molar-refractivity contribution is -0.117. The maximum atomic E-state index is 11.8. The fourth-order valence-electron chi connectivity index (χ4n) is 1.24. The van der Waals surface area contributed by atoms with Gasteiger partial charge in [-0.05, 0) is 44.4 Å². The summed E-state index contributed by atoms with van der Waals surface area (Å²) in [5.41, 5.74) is 0.629. The van der Waals surface area contributed by atoms with Crippen LogP contribution in [0.15, 0.2) is 14.8 Å². The van der Waals surface area contributed by atoms with E-state index in [1.54, 1.807) is 7.11 Å². The molecule has 0 unspecified atom stereocenters. The Labute approximate surface area is 127 Å². The Morgan fingerprint density at radius 3 is 2.89 bits per heavy atom. The minimum absolute atomic E-state index is 0.0141. The van der Waals surface area contributed by atoms with Gasteiger partial charge >= 0.3 is 0 Å². The van der Waals surface area contributed by atoms with Crippen molar-refractivity contribution in [1.29, 1.82) is 5.26 Å². The Hall–Kier alpha value is -1.17. The second-order valence-electron chi connectivity index (χ2n) is 3.51.